The molecule has 1 amide bonds. The van der Waals surface area contributed by atoms with Gasteiger partial charge >= 0.3 is 5.69 Å². The molecule has 3 rings (SSSR count). The Labute approximate surface area is 186 Å². The number of H-pyrrole nitrogens is 1. The number of aryl methyl sites for hydroxylation is 1. The molecule has 2 aromatic heterocycles. The van der Waals surface area contributed by atoms with Gasteiger partial charge in [0.2, 0.25) is 11.8 Å². The first-order valence-electron chi connectivity index (χ1n) is 11.3. The summed E-state index contributed by atoms with van der Waals surface area (Å²) in [5.41, 5.74) is 5.19. The van der Waals surface area contributed by atoms with Crippen LogP contribution in [0, 0.1) is 0 Å². The van der Waals surface area contributed by atoms with E-state index in [-0.39, 0.29) is 30.0 Å². The molecule has 1 aliphatic carbocycles. The van der Waals surface area contributed by atoms with Gasteiger partial charge in [-0.15, -0.1) is 0 Å². The molecular weight excluding hydrogens is 414 g/mol. The lowest BCUT2D eigenvalue weighted by Gasteiger charge is -2.31. The number of aromatic amines is 1. The molecular formula is C21H33N7O4. The summed E-state index contributed by atoms with van der Waals surface area (Å²) in [6.45, 7) is 4.66. The van der Waals surface area contributed by atoms with E-state index in [2.05, 4.69) is 15.1 Å². The van der Waals surface area contributed by atoms with Crippen LogP contribution in [0.5, 0.6) is 0 Å². The monoisotopic (exact) mass is 447 g/mol. The average Bonchev–Trinajstić information content (AvgIpc) is 3.42. The van der Waals surface area contributed by atoms with Gasteiger partial charge in [0.25, 0.3) is 5.56 Å². The van der Waals surface area contributed by atoms with Crippen molar-refractivity contribution in [2.24, 2.45) is 0 Å². The average molecular weight is 448 g/mol. The van der Waals surface area contributed by atoms with Crippen molar-refractivity contribution in [2.75, 3.05) is 24.2 Å². The number of nitrogen functional groups attached to an aromatic ring is 1. The first kappa shape index (κ1) is 23.7. The molecule has 3 N–H and O–H groups in total. The number of anilines is 2. The second kappa shape index (κ2) is 10.6. The molecule has 1 fully saturated rings. The fourth-order valence-corrected chi connectivity index (χ4v) is 4.11. The predicted octanol–water partition coefficient (Wildman–Crippen LogP) is 1.27. The summed E-state index contributed by atoms with van der Waals surface area (Å²) in [5.74, 6) is 0.822. The molecule has 32 heavy (non-hydrogen) atoms. The maximum Gasteiger partial charge on any atom is 0.330 e. The zero-order chi connectivity index (χ0) is 23.3. The van der Waals surface area contributed by atoms with Gasteiger partial charge in [-0.05, 0) is 26.3 Å². The van der Waals surface area contributed by atoms with E-state index < -0.39 is 11.2 Å². The summed E-state index contributed by atoms with van der Waals surface area (Å²) in [6, 6.07) is -0.133. The van der Waals surface area contributed by atoms with Crippen LogP contribution in [0.3, 0.4) is 0 Å². The molecule has 0 spiro atoms. The van der Waals surface area contributed by atoms with E-state index in [0.717, 1.165) is 38.5 Å². The number of hydrogen-bond acceptors (Lipinski definition) is 8. The Hall–Kier alpha value is -2.95. The summed E-state index contributed by atoms with van der Waals surface area (Å²) in [7, 11) is 1.77. The number of likely N-dealkylation sites (N-methyl/N-ethyl adjacent to an activating group) is 1. The Balaban J connectivity index is 1.89. The molecule has 11 heteroatoms. The highest BCUT2D eigenvalue weighted by Crippen LogP contribution is 2.29. The molecule has 0 unspecified atom stereocenters. The van der Waals surface area contributed by atoms with Crippen LogP contribution in [-0.4, -0.2) is 50.1 Å². The number of nitrogens with zero attached hydrogens (tertiary/aromatic N) is 5. The molecule has 2 aromatic rings. The number of nitrogens with one attached hydrogen (secondary N) is 1. The minimum absolute atomic E-state index is 0.0350. The van der Waals surface area contributed by atoms with Gasteiger partial charge in [-0.25, -0.2) is 4.79 Å². The molecule has 2 heterocycles. The van der Waals surface area contributed by atoms with Crippen LogP contribution in [0.1, 0.15) is 64.1 Å². The Morgan fingerprint density at radius 2 is 2.00 bits per heavy atom. The lowest BCUT2D eigenvalue weighted by atomic mass is 10.2. The largest absolute Gasteiger partial charge is 0.383 e. The maximum absolute atomic E-state index is 13.4. The Bertz CT molecular complexity index is 1040. The van der Waals surface area contributed by atoms with Crippen molar-refractivity contribution < 1.29 is 9.32 Å². The lowest BCUT2D eigenvalue weighted by molar-refractivity contribution is -0.120. The van der Waals surface area contributed by atoms with E-state index >= 15 is 0 Å². The Morgan fingerprint density at radius 3 is 2.62 bits per heavy atom. The van der Waals surface area contributed by atoms with E-state index in [0.29, 0.717) is 31.2 Å². The predicted molar refractivity (Wildman–Crippen MR) is 120 cm³/mol. The SMILES string of the molecule is CCCCn1c(N)c(N(C(=O)CN(C)Cc2nc(CC)no2)C2CCCC2)c(=O)[nH]c1=O. The van der Waals surface area contributed by atoms with Gasteiger partial charge in [-0.3, -0.25) is 24.0 Å². The number of carbonyl (C=O) groups excluding carboxylic acids is 1. The molecule has 0 aliphatic heterocycles. The molecule has 0 radical (unpaired) electrons. The summed E-state index contributed by atoms with van der Waals surface area (Å²) in [6.07, 6.45) is 5.78. The standard InChI is InChI=1S/C21H33N7O4/c1-4-6-11-27-19(22)18(20(30)24-21(27)31)28(14-9-7-8-10-14)17(29)13-26(3)12-16-23-15(5-2)25-32-16/h14H,4-13,22H2,1-3H3,(H,24,30,31). The number of hydrogen-bond donors (Lipinski definition) is 2. The zero-order valence-electron chi connectivity index (χ0n) is 19.1. The highest BCUT2D eigenvalue weighted by molar-refractivity contribution is 5.97. The van der Waals surface area contributed by atoms with Crippen molar-refractivity contribution in [1.82, 2.24) is 24.6 Å². The molecule has 11 nitrogen and oxygen atoms in total. The second-order valence-electron chi connectivity index (χ2n) is 8.33. The summed E-state index contributed by atoms with van der Waals surface area (Å²) in [5, 5.41) is 3.88. The van der Waals surface area contributed by atoms with Crippen molar-refractivity contribution in [3.05, 3.63) is 32.6 Å². The normalized spacial score (nSPS) is 14.4. The summed E-state index contributed by atoms with van der Waals surface area (Å²) >= 11 is 0. The first-order valence-corrected chi connectivity index (χ1v) is 11.3. The first-order chi connectivity index (χ1) is 15.3. The molecule has 1 aliphatic rings. The molecule has 0 bridgehead atoms. The van der Waals surface area contributed by atoms with Crippen molar-refractivity contribution in [3.8, 4) is 0 Å². The van der Waals surface area contributed by atoms with Gasteiger partial charge in [-0.2, -0.15) is 4.98 Å². The Kier molecular flexibility index (Phi) is 7.84. The third-order valence-corrected chi connectivity index (χ3v) is 5.79. The number of rotatable bonds is 10. The van der Waals surface area contributed by atoms with Gasteiger partial charge in [0.05, 0.1) is 13.1 Å². The van der Waals surface area contributed by atoms with Gasteiger partial charge in [0, 0.05) is 19.0 Å². The number of nitrogens with two attached hydrogens (primary N) is 1. The molecule has 1 saturated carbocycles. The zero-order valence-corrected chi connectivity index (χ0v) is 19.1. The minimum Gasteiger partial charge on any atom is -0.383 e. The van der Waals surface area contributed by atoms with Gasteiger partial charge in [-0.1, -0.05) is 38.3 Å². The highest BCUT2D eigenvalue weighted by Gasteiger charge is 2.33. The molecule has 176 valence electrons. The lowest BCUT2D eigenvalue weighted by Crippen LogP contribution is -2.48. The number of carbonyl (C=O) groups is 1. The minimum atomic E-state index is -0.632. The van der Waals surface area contributed by atoms with Gasteiger partial charge in [0.15, 0.2) is 11.5 Å². The second-order valence-corrected chi connectivity index (χ2v) is 8.33. The number of aromatic nitrogens is 4. The van der Waals surface area contributed by atoms with Crippen molar-refractivity contribution in [1.29, 1.82) is 0 Å². The molecule has 0 saturated heterocycles. The van der Waals surface area contributed by atoms with Crippen LogP contribution in [0.2, 0.25) is 0 Å². The van der Waals surface area contributed by atoms with E-state index in [1.165, 1.54) is 9.47 Å². The van der Waals surface area contributed by atoms with E-state index in [1.807, 2.05) is 13.8 Å². The van der Waals surface area contributed by atoms with E-state index in [1.54, 1.807) is 11.9 Å². The quantitative estimate of drug-likeness (QED) is 0.554. The van der Waals surface area contributed by atoms with Crippen LogP contribution < -0.4 is 21.9 Å². The van der Waals surface area contributed by atoms with Crippen LogP contribution >= 0.6 is 0 Å². The number of unbranched alkanes of at least 4 members (excludes halogenated alkanes) is 1. The van der Waals surface area contributed by atoms with Crippen molar-refractivity contribution >= 4 is 17.4 Å². The van der Waals surface area contributed by atoms with Crippen LogP contribution in [0.15, 0.2) is 14.1 Å². The molecule has 0 atom stereocenters. The molecule has 0 aromatic carbocycles. The third-order valence-electron chi connectivity index (χ3n) is 5.79. The topological polar surface area (TPSA) is 143 Å². The fourth-order valence-electron chi connectivity index (χ4n) is 4.11. The van der Waals surface area contributed by atoms with Crippen molar-refractivity contribution in [3.63, 3.8) is 0 Å². The number of amides is 1. The van der Waals surface area contributed by atoms with Gasteiger partial charge < -0.3 is 15.2 Å². The van der Waals surface area contributed by atoms with Crippen LogP contribution in [-0.2, 0) is 24.3 Å². The van der Waals surface area contributed by atoms with Crippen LogP contribution in [0.4, 0.5) is 11.5 Å². The smallest absolute Gasteiger partial charge is 0.330 e. The maximum atomic E-state index is 13.4. The fraction of sp³-hybridized carbons (Fsp3) is 0.667. The highest BCUT2D eigenvalue weighted by atomic mass is 16.5. The summed E-state index contributed by atoms with van der Waals surface area (Å²) in [4.78, 5) is 48.5. The van der Waals surface area contributed by atoms with Gasteiger partial charge in [0.1, 0.15) is 5.82 Å². The van der Waals surface area contributed by atoms with E-state index in [9.17, 15) is 14.4 Å². The van der Waals surface area contributed by atoms with Crippen LogP contribution in [0.25, 0.3) is 0 Å². The Morgan fingerprint density at radius 1 is 1.28 bits per heavy atom. The van der Waals surface area contributed by atoms with Crippen molar-refractivity contribution in [2.45, 2.75) is 77.9 Å². The van der Waals surface area contributed by atoms with E-state index in [4.69, 9.17) is 10.3 Å². The third kappa shape index (κ3) is 5.26. The summed E-state index contributed by atoms with van der Waals surface area (Å²) < 4.78 is 6.57.